The molecule has 24 heavy (non-hydrogen) atoms. The third-order valence-corrected chi connectivity index (χ3v) is 3.93. The Hall–Kier alpha value is -1.10. The molecule has 0 radical (unpaired) electrons. The van der Waals surface area contributed by atoms with E-state index in [9.17, 15) is 12.8 Å². The molecule has 1 aromatic rings. The topological polar surface area (TPSA) is 79.8 Å². The van der Waals surface area contributed by atoms with Crippen LogP contribution in [-0.2, 0) is 9.84 Å². The fourth-order valence-electron chi connectivity index (χ4n) is 1.82. The van der Waals surface area contributed by atoms with Crippen molar-refractivity contribution in [3.05, 3.63) is 30.1 Å². The monoisotopic (exact) mass is 473 g/mol. The van der Waals surface area contributed by atoms with Crippen LogP contribution < -0.4 is 15.4 Å². The van der Waals surface area contributed by atoms with Crippen LogP contribution in [0.25, 0.3) is 0 Å². The number of guanidine groups is 1. The Balaban J connectivity index is 0.00000529. The van der Waals surface area contributed by atoms with Crippen molar-refractivity contribution in [2.24, 2.45) is 4.99 Å². The van der Waals surface area contributed by atoms with E-state index in [1.165, 1.54) is 18.4 Å². The molecule has 0 spiro atoms. The summed E-state index contributed by atoms with van der Waals surface area (Å²) in [6.07, 6.45) is 1.53. The van der Waals surface area contributed by atoms with Gasteiger partial charge in [0.05, 0.1) is 12.3 Å². The maximum atomic E-state index is 13.1. The lowest BCUT2D eigenvalue weighted by Crippen LogP contribution is -2.42. The minimum absolute atomic E-state index is 0. The Morgan fingerprint density at radius 3 is 2.67 bits per heavy atom. The van der Waals surface area contributed by atoms with Crippen LogP contribution in [0.4, 0.5) is 4.39 Å². The van der Waals surface area contributed by atoms with Crippen LogP contribution >= 0.6 is 24.0 Å². The molecule has 1 aromatic carbocycles. The molecule has 0 fully saturated rings. The van der Waals surface area contributed by atoms with Gasteiger partial charge in [0, 0.05) is 25.9 Å². The van der Waals surface area contributed by atoms with Crippen molar-refractivity contribution in [1.82, 2.24) is 10.6 Å². The lowest BCUT2D eigenvalue weighted by molar-refractivity contribution is 0.223. The van der Waals surface area contributed by atoms with E-state index in [0.717, 1.165) is 0 Å². The molecule has 138 valence electrons. The smallest absolute Gasteiger partial charge is 0.191 e. The molecule has 9 heteroatoms. The van der Waals surface area contributed by atoms with E-state index in [-0.39, 0.29) is 41.7 Å². The fourth-order valence-corrected chi connectivity index (χ4v) is 2.49. The number of nitrogens with one attached hydrogen (secondary N) is 2. The molecule has 0 aliphatic rings. The molecule has 0 bridgehead atoms. The maximum absolute atomic E-state index is 13.1. The molecule has 1 unspecified atom stereocenters. The molecule has 2 N–H and O–H groups in total. The van der Waals surface area contributed by atoms with E-state index in [4.69, 9.17) is 4.74 Å². The summed E-state index contributed by atoms with van der Waals surface area (Å²) in [5, 5.41) is 6.10. The summed E-state index contributed by atoms with van der Waals surface area (Å²) in [4.78, 5) is 4.04. The van der Waals surface area contributed by atoms with Crippen molar-refractivity contribution in [2.75, 3.05) is 32.1 Å². The van der Waals surface area contributed by atoms with Gasteiger partial charge in [-0.3, -0.25) is 4.99 Å². The zero-order valence-corrected chi connectivity index (χ0v) is 17.2. The van der Waals surface area contributed by atoms with Crippen molar-refractivity contribution in [2.45, 2.75) is 19.4 Å². The zero-order chi connectivity index (χ0) is 17.3. The first-order valence-electron chi connectivity index (χ1n) is 7.34. The molecule has 0 saturated heterocycles. The van der Waals surface area contributed by atoms with Crippen molar-refractivity contribution < 1.29 is 17.5 Å². The highest BCUT2D eigenvalue weighted by molar-refractivity contribution is 14.0. The summed E-state index contributed by atoms with van der Waals surface area (Å²) in [5.74, 6) is 0.824. The van der Waals surface area contributed by atoms with E-state index >= 15 is 0 Å². The summed E-state index contributed by atoms with van der Waals surface area (Å²) >= 11 is 0. The molecular formula is C15H25FIN3O3S. The Kier molecular flexibility index (Phi) is 10.9. The van der Waals surface area contributed by atoms with Gasteiger partial charge < -0.3 is 15.4 Å². The van der Waals surface area contributed by atoms with Crippen LogP contribution in [0.3, 0.4) is 0 Å². The van der Waals surface area contributed by atoms with Crippen LogP contribution in [0, 0.1) is 5.82 Å². The molecule has 0 amide bonds. The minimum atomic E-state index is -2.94. The molecule has 6 nitrogen and oxygen atoms in total. The van der Waals surface area contributed by atoms with E-state index < -0.39 is 9.84 Å². The fraction of sp³-hybridized carbons (Fsp3) is 0.533. The molecule has 0 aliphatic heterocycles. The Bertz CT molecular complexity index is 626. The van der Waals surface area contributed by atoms with Gasteiger partial charge >= 0.3 is 0 Å². The van der Waals surface area contributed by atoms with Gasteiger partial charge in [0.2, 0.25) is 0 Å². The lowest BCUT2D eigenvalue weighted by Gasteiger charge is -2.17. The number of aliphatic imine (C=N–C) groups is 1. The van der Waals surface area contributed by atoms with E-state index in [2.05, 4.69) is 15.6 Å². The number of hydrogen-bond acceptors (Lipinski definition) is 4. The van der Waals surface area contributed by atoms with Crippen LogP contribution in [0.5, 0.6) is 5.75 Å². The average molecular weight is 473 g/mol. The van der Waals surface area contributed by atoms with E-state index in [1.807, 2.05) is 6.92 Å². The largest absolute Gasteiger partial charge is 0.489 e. The van der Waals surface area contributed by atoms with Gasteiger partial charge in [-0.1, -0.05) is 6.07 Å². The predicted octanol–water partition coefficient (Wildman–Crippen LogP) is 1.81. The maximum Gasteiger partial charge on any atom is 0.191 e. The highest BCUT2D eigenvalue weighted by atomic mass is 127. The molecule has 0 aromatic heterocycles. The van der Waals surface area contributed by atoms with Gasteiger partial charge in [0.15, 0.2) is 5.96 Å². The van der Waals surface area contributed by atoms with Gasteiger partial charge in [-0.25, -0.2) is 12.8 Å². The first-order chi connectivity index (χ1) is 10.8. The highest BCUT2D eigenvalue weighted by Crippen LogP contribution is 2.13. The second kappa shape index (κ2) is 11.5. The zero-order valence-electron chi connectivity index (χ0n) is 14.1. The van der Waals surface area contributed by atoms with Gasteiger partial charge in [-0.05, 0) is 25.5 Å². The van der Waals surface area contributed by atoms with Crippen LogP contribution in [0.15, 0.2) is 29.3 Å². The minimum Gasteiger partial charge on any atom is -0.489 e. The normalized spacial score (nSPS) is 12.9. The second-order valence-corrected chi connectivity index (χ2v) is 7.51. The van der Waals surface area contributed by atoms with Crippen molar-refractivity contribution in [1.29, 1.82) is 0 Å². The third-order valence-electron chi connectivity index (χ3n) is 2.90. The SMILES string of the molecule is CN=C(NCCCS(C)(=O)=O)NCC(C)Oc1cccc(F)c1.I. The van der Waals surface area contributed by atoms with Gasteiger partial charge in [-0.2, -0.15) is 0 Å². The lowest BCUT2D eigenvalue weighted by atomic mass is 10.3. The third kappa shape index (κ3) is 10.6. The second-order valence-electron chi connectivity index (χ2n) is 5.25. The highest BCUT2D eigenvalue weighted by Gasteiger charge is 2.07. The van der Waals surface area contributed by atoms with E-state index in [0.29, 0.717) is 31.2 Å². The van der Waals surface area contributed by atoms with Crippen molar-refractivity contribution >= 4 is 39.8 Å². The van der Waals surface area contributed by atoms with Crippen molar-refractivity contribution in [3.63, 3.8) is 0 Å². The molecule has 0 saturated carbocycles. The summed E-state index contributed by atoms with van der Waals surface area (Å²) < 4.78 is 40.8. The van der Waals surface area contributed by atoms with E-state index in [1.54, 1.807) is 19.2 Å². The Morgan fingerprint density at radius 2 is 2.08 bits per heavy atom. The first kappa shape index (κ1) is 22.9. The number of rotatable bonds is 8. The summed E-state index contributed by atoms with van der Waals surface area (Å²) in [6.45, 7) is 2.84. The molecule has 0 aliphatic carbocycles. The number of hydrogen-bond donors (Lipinski definition) is 2. The quantitative estimate of drug-likeness (QED) is 0.261. The molecule has 1 atom stereocenters. The summed E-state index contributed by atoms with van der Waals surface area (Å²) in [6, 6.07) is 5.97. The number of halogens is 2. The van der Waals surface area contributed by atoms with Crippen LogP contribution in [0.1, 0.15) is 13.3 Å². The molecule has 0 heterocycles. The Labute approximate surface area is 160 Å². The number of benzene rings is 1. The number of ether oxygens (including phenoxy) is 1. The first-order valence-corrected chi connectivity index (χ1v) is 9.40. The van der Waals surface area contributed by atoms with Gasteiger partial charge in [0.1, 0.15) is 27.5 Å². The van der Waals surface area contributed by atoms with Crippen molar-refractivity contribution in [3.8, 4) is 5.75 Å². The molecular weight excluding hydrogens is 448 g/mol. The number of nitrogens with zero attached hydrogens (tertiary/aromatic N) is 1. The molecule has 1 rings (SSSR count). The van der Waals surface area contributed by atoms with Crippen LogP contribution in [-0.4, -0.2) is 52.6 Å². The van der Waals surface area contributed by atoms with Gasteiger partial charge in [0.25, 0.3) is 0 Å². The van der Waals surface area contributed by atoms with Gasteiger partial charge in [-0.15, -0.1) is 24.0 Å². The predicted molar refractivity (Wildman–Crippen MR) is 106 cm³/mol. The summed E-state index contributed by atoms with van der Waals surface area (Å²) in [5.41, 5.74) is 0. The summed E-state index contributed by atoms with van der Waals surface area (Å²) in [7, 11) is -1.31. The van der Waals surface area contributed by atoms with Crippen LogP contribution in [0.2, 0.25) is 0 Å². The standard InChI is InChI=1S/C15H24FN3O3S.HI/c1-12(22-14-7-4-6-13(16)10-14)11-19-15(17-2)18-8-5-9-23(3,20)21;/h4,6-7,10,12H,5,8-9,11H2,1-3H3,(H2,17,18,19);1H. The number of sulfone groups is 1. The Morgan fingerprint density at radius 1 is 1.38 bits per heavy atom. The average Bonchev–Trinajstić information content (AvgIpc) is 2.45.